The molecule has 3 nitrogen and oxygen atoms in total. The highest BCUT2D eigenvalue weighted by Gasteiger charge is 2.27. The van der Waals surface area contributed by atoms with Crippen LogP contribution in [0.3, 0.4) is 0 Å². The highest BCUT2D eigenvalue weighted by atomic mass is 16.2. The van der Waals surface area contributed by atoms with Crippen molar-refractivity contribution in [2.45, 2.75) is 19.4 Å². The zero-order valence-electron chi connectivity index (χ0n) is 7.82. The molecule has 0 saturated carbocycles. The average Bonchev–Trinajstić information content (AvgIpc) is 2.15. The van der Waals surface area contributed by atoms with Crippen LogP contribution in [0.5, 0.6) is 0 Å². The van der Waals surface area contributed by atoms with Crippen LogP contribution in [-0.2, 0) is 11.3 Å². The lowest BCUT2D eigenvalue weighted by Gasteiger charge is -2.29. The van der Waals surface area contributed by atoms with Crippen molar-refractivity contribution in [2.24, 2.45) is 0 Å². The molecule has 1 unspecified atom stereocenters. The fraction of sp³-hybridized carbons (Fsp3) is 0.400. The lowest BCUT2D eigenvalue weighted by Crippen LogP contribution is -2.35. The van der Waals surface area contributed by atoms with Gasteiger partial charge in [-0.2, -0.15) is 0 Å². The normalized spacial score (nSPS) is 21.5. The maximum absolute atomic E-state index is 11.6. The summed E-state index contributed by atoms with van der Waals surface area (Å²) < 4.78 is 0. The summed E-state index contributed by atoms with van der Waals surface area (Å²) in [6.45, 7) is 2.63. The minimum Gasteiger partial charge on any atom is -0.341 e. The van der Waals surface area contributed by atoms with Crippen molar-refractivity contribution in [3.63, 3.8) is 0 Å². The van der Waals surface area contributed by atoms with Gasteiger partial charge >= 0.3 is 0 Å². The minimum absolute atomic E-state index is 0.0169. The Kier molecular flexibility index (Phi) is 1.79. The van der Waals surface area contributed by atoms with Crippen LogP contribution in [-0.4, -0.2) is 22.8 Å². The van der Waals surface area contributed by atoms with Crippen molar-refractivity contribution >= 4 is 5.91 Å². The summed E-state index contributed by atoms with van der Waals surface area (Å²) in [4.78, 5) is 17.4. The van der Waals surface area contributed by atoms with E-state index in [1.165, 1.54) is 0 Å². The van der Waals surface area contributed by atoms with Crippen molar-refractivity contribution in [2.75, 3.05) is 7.05 Å². The molecule has 13 heavy (non-hydrogen) atoms. The summed E-state index contributed by atoms with van der Waals surface area (Å²) in [5.74, 6) is 0.176. The van der Waals surface area contributed by atoms with E-state index in [0.717, 1.165) is 11.1 Å². The fourth-order valence-electron chi connectivity index (χ4n) is 1.79. The number of carbonyl (C=O) groups excluding carboxylic acids is 1. The van der Waals surface area contributed by atoms with Crippen LogP contribution in [0.25, 0.3) is 0 Å². The molecule has 0 aliphatic carbocycles. The topological polar surface area (TPSA) is 33.2 Å². The van der Waals surface area contributed by atoms with E-state index in [9.17, 15) is 4.79 Å². The standard InChI is InChI=1S/C10H12N2O/c1-7-9-3-4-11-5-8(9)6-12(2)10(7)13/h3-5,7H,6H2,1-2H3. The van der Waals surface area contributed by atoms with Crippen molar-refractivity contribution in [3.8, 4) is 0 Å². The summed E-state index contributed by atoms with van der Waals surface area (Å²) >= 11 is 0. The van der Waals surface area contributed by atoms with Crippen molar-refractivity contribution in [3.05, 3.63) is 29.6 Å². The van der Waals surface area contributed by atoms with E-state index in [2.05, 4.69) is 4.98 Å². The fourth-order valence-corrected chi connectivity index (χ4v) is 1.79. The Hall–Kier alpha value is -1.38. The van der Waals surface area contributed by atoms with E-state index < -0.39 is 0 Å². The second-order valence-electron chi connectivity index (χ2n) is 3.49. The zero-order valence-corrected chi connectivity index (χ0v) is 7.82. The molecule has 0 radical (unpaired) electrons. The maximum atomic E-state index is 11.6. The molecule has 0 fully saturated rings. The highest BCUT2D eigenvalue weighted by Crippen LogP contribution is 2.26. The Bertz CT molecular complexity index is 349. The monoisotopic (exact) mass is 176 g/mol. The zero-order chi connectivity index (χ0) is 9.42. The third kappa shape index (κ3) is 1.20. The lowest BCUT2D eigenvalue weighted by molar-refractivity contribution is -0.132. The minimum atomic E-state index is -0.0169. The molecule has 1 aromatic rings. The Morgan fingerprint density at radius 1 is 1.62 bits per heavy atom. The maximum Gasteiger partial charge on any atom is 0.229 e. The Balaban J connectivity index is 2.49. The second kappa shape index (κ2) is 2.83. The van der Waals surface area contributed by atoms with Gasteiger partial charge < -0.3 is 4.90 Å². The largest absolute Gasteiger partial charge is 0.341 e. The number of pyridine rings is 1. The van der Waals surface area contributed by atoms with Gasteiger partial charge in [0, 0.05) is 26.0 Å². The molecule has 0 aromatic carbocycles. The van der Waals surface area contributed by atoms with E-state index in [-0.39, 0.29) is 11.8 Å². The van der Waals surface area contributed by atoms with Gasteiger partial charge in [-0.25, -0.2) is 0 Å². The van der Waals surface area contributed by atoms with Gasteiger partial charge in [-0.15, -0.1) is 0 Å². The van der Waals surface area contributed by atoms with Crippen LogP contribution in [0.2, 0.25) is 0 Å². The molecule has 3 heteroatoms. The van der Waals surface area contributed by atoms with Crippen LogP contribution >= 0.6 is 0 Å². The van der Waals surface area contributed by atoms with Crippen molar-refractivity contribution in [1.82, 2.24) is 9.88 Å². The van der Waals surface area contributed by atoms with Gasteiger partial charge in [0.2, 0.25) is 5.91 Å². The van der Waals surface area contributed by atoms with Gasteiger partial charge in [-0.1, -0.05) is 0 Å². The first-order chi connectivity index (χ1) is 6.20. The molecule has 1 atom stereocenters. The number of hydrogen-bond donors (Lipinski definition) is 0. The highest BCUT2D eigenvalue weighted by molar-refractivity contribution is 5.85. The van der Waals surface area contributed by atoms with E-state index in [0.29, 0.717) is 6.54 Å². The summed E-state index contributed by atoms with van der Waals surface area (Å²) in [5, 5.41) is 0. The van der Waals surface area contributed by atoms with E-state index >= 15 is 0 Å². The molecule has 0 spiro atoms. The smallest absolute Gasteiger partial charge is 0.229 e. The number of amides is 1. The SMILES string of the molecule is CC1C(=O)N(C)Cc2cnccc21. The molecule has 1 aliphatic heterocycles. The Morgan fingerprint density at radius 3 is 3.15 bits per heavy atom. The Morgan fingerprint density at radius 2 is 2.38 bits per heavy atom. The van der Waals surface area contributed by atoms with Gasteiger partial charge in [-0.3, -0.25) is 9.78 Å². The van der Waals surface area contributed by atoms with Crippen molar-refractivity contribution < 1.29 is 4.79 Å². The molecular weight excluding hydrogens is 164 g/mol. The quantitative estimate of drug-likeness (QED) is 0.594. The van der Waals surface area contributed by atoms with Gasteiger partial charge in [0.15, 0.2) is 0 Å². The number of likely N-dealkylation sites (N-methyl/N-ethyl adjacent to an activating group) is 1. The second-order valence-corrected chi connectivity index (χ2v) is 3.49. The van der Waals surface area contributed by atoms with Crippen LogP contribution in [0.15, 0.2) is 18.5 Å². The molecule has 68 valence electrons. The molecule has 1 amide bonds. The van der Waals surface area contributed by atoms with Gasteiger partial charge in [0.1, 0.15) is 0 Å². The van der Waals surface area contributed by atoms with E-state index in [4.69, 9.17) is 0 Å². The molecule has 2 rings (SSSR count). The first kappa shape index (κ1) is 8.23. The van der Waals surface area contributed by atoms with Crippen LogP contribution in [0.4, 0.5) is 0 Å². The predicted molar refractivity (Wildman–Crippen MR) is 49.1 cm³/mol. The number of nitrogens with zero attached hydrogens (tertiary/aromatic N) is 2. The van der Waals surface area contributed by atoms with Gasteiger partial charge in [-0.05, 0) is 24.1 Å². The average molecular weight is 176 g/mol. The predicted octanol–water partition coefficient (Wildman–Crippen LogP) is 1.16. The number of rotatable bonds is 0. The molecule has 2 heterocycles. The molecular formula is C10H12N2O. The molecule has 0 bridgehead atoms. The lowest BCUT2D eigenvalue weighted by atomic mass is 9.92. The van der Waals surface area contributed by atoms with Crippen LogP contribution < -0.4 is 0 Å². The molecule has 1 aliphatic rings. The summed E-state index contributed by atoms with van der Waals surface area (Å²) in [7, 11) is 1.83. The van der Waals surface area contributed by atoms with Crippen molar-refractivity contribution in [1.29, 1.82) is 0 Å². The third-order valence-corrected chi connectivity index (χ3v) is 2.56. The summed E-state index contributed by atoms with van der Waals surface area (Å²) in [6.07, 6.45) is 3.59. The summed E-state index contributed by atoms with van der Waals surface area (Å²) in [6, 6.07) is 1.94. The van der Waals surface area contributed by atoms with Crippen LogP contribution in [0.1, 0.15) is 24.0 Å². The van der Waals surface area contributed by atoms with E-state index in [1.54, 1.807) is 11.1 Å². The van der Waals surface area contributed by atoms with Gasteiger partial charge in [0.05, 0.1) is 5.92 Å². The number of hydrogen-bond acceptors (Lipinski definition) is 2. The molecule has 0 saturated heterocycles. The first-order valence-corrected chi connectivity index (χ1v) is 4.38. The number of aromatic nitrogens is 1. The third-order valence-electron chi connectivity index (χ3n) is 2.56. The number of carbonyl (C=O) groups is 1. The first-order valence-electron chi connectivity index (χ1n) is 4.38. The summed E-state index contributed by atoms with van der Waals surface area (Å²) in [5.41, 5.74) is 2.29. The molecule has 1 aromatic heterocycles. The van der Waals surface area contributed by atoms with Crippen LogP contribution in [0, 0.1) is 0 Å². The van der Waals surface area contributed by atoms with E-state index in [1.807, 2.05) is 26.2 Å². The Labute approximate surface area is 77.4 Å². The molecule has 0 N–H and O–H groups in total. The van der Waals surface area contributed by atoms with Gasteiger partial charge in [0.25, 0.3) is 0 Å². The number of fused-ring (bicyclic) bond motifs is 1.